The van der Waals surface area contributed by atoms with Crippen molar-refractivity contribution in [2.75, 3.05) is 51.3 Å². The third-order valence-corrected chi connectivity index (χ3v) is 5.94. The average Bonchev–Trinajstić information content (AvgIpc) is 3.12. The van der Waals surface area contributed by atoms with Gasteiger partial charge in [-0.15, -0.1) is 0 Å². The molecule has 0 bridgehead atoms. The summed E-state index contributed by atoms with van der Waals surface area (Å²) in [6, 6.07) is 6.06. The second-order valence-electron chi connectivity index (χ2n) is 7.02. The highest BCUT2D eigenvalue weighted by molar-refractivity contribution is 7.09. The van der Waals surface area contributed by atoms with Crippen molar-refractivity contribution >= 4 is 22.6 Å². The maximum atomic E-state index is 5.93. The third-order valence-electron chi connectivity index (χ3n) is 5.13. The number of anilines is 1. The van der Waals surface area contributed by atoms with Gasteiger partial charge in [-0.05, 0) is 6.07 Å². The first kappa shape index (κ1) is 19.8. The predicted octanol–water partition coefficient (Wildman–Crippen LogP) is 2.16. The molecule has 0 radical (unpaired) electrons. The van der Waals surface area contributed by atoms with E-state index in [9.17, 15) is 0 Å². The van der Waals surface area contributed by atoms with Gasteiger partial charge in [0.2, 0.25) is 5.13 Å². The molecule has 2 aliphatic rings. The van der Waals surface area contributed by atoms with E-state index in [2.05, 4.69) is 42.5 Å². The van der Waals surface area contributed by atoms with Gasteiger partial charge < -0.3 is 24.6 Å². The Balaban J connectivity index is 1.35. The van der Waals surface area contributed by atoms with Gasteiger partial charge in [0.25, 0.3) is 0 Å². The first-order valence-electron chi connectivity index (χ1n) is 10.2. The van der Waals surface area contributed by atoms with E-state index in [1.807, 2.05) is 19.2 Å². The highest BCUT2D eigenvalue weighted by Gasteiger charge is 2.22. The number of hydrogen-bond donors (Lipinski definition) is 1. The molecule has 1 aromatic heterocycles. The fraction of sp³-hybridized carbons (Fsp3) is 0.550. The van der Waals surface area contributed by atoms with Gasteiger partial charge >= 0.3 is 0 Å². The highest BCUT2D eigenvalue weighted by atomic mass is 32.1. The van der Waals surface area contributed by atoms with Crippen LogP contribution in [-0.2, 0) is 13.0 Å². The summed E-state index contributed by atoms with van der Waals surface area (Å²) in [5, 5.41) is 4.51. The lowest BCUT2D eigenvalue weighted by Crippen LogP contribution is -2.52. The number of piperazine rings is 1. The van der Waals surface area contributed by atoms with E-state index in [-0.39, 0.29) is 0 Å². The van der Waals surface area contributed by atoms with E-state index in [1.165, 1.54) is 11.5 Å². The van der Waals surface area contributed by atoms with Crippen molar-refractivity contribution in [2.45, 2.75) is 26.3 Å². The van der Waals surface area contributed by atoms with Gasteiger partial charge in [0.15, 0.2) is 17.5 Å². The smallest absolute Gasteiger partial charge is 0.205 e. The first-order chi connectivity index (χ1) is 14.3. The molecule has 2 aliphatic heterocycles. The Kier molecular flexibility index (Phi) is 6.33. The molecule has 2 aromatic rings. The topological polar surface area (TPSA) is 75.1 Å². The van der Waals surface area contributed by atoms with Crippen LogP contribution >= 0.6 is 11.5 Å². The quantitative estimate of drug-likeness (QED) is 0.605. The van der Waals surface area contributed by atoms with Gasteiger partial charge in [0.05, 0.1) is 13.2 Å². The van der Waals surface area contributed by atoms with Crippen LogP contribution in [0.25, 0.3) is 0 Å². The Hall–Kier alpha value is -2.55. The van der Waals surface area contributed by atoms with Gasteiger partial charge in [-0.1, -0.05) is 19.1 Å². The van der Waals surface area contributed by atoms with Crippen LogP contribution in [0.5, 0.6) is 11.5 Å². The number of fused-ring (bicyclic) bond motifs is 1. The van der Waals surface area contributed by atoms with Crippen molar-refractivity contribution in [1.29, 1.82) is 0 Å². The summed E-state index contributed by atoms with van der Waals surface area (Å²) in [5.74, 6) is 3.51. The zero-order chi connectivity index (χ0) is 20.1. The number of guanidine groups is 1. The van der Waals surface area contributed by atoms with Crippen molar-refractivity contribution in [3.63, 3.8) is 0 Å². The van der Waals surface area contributed by atoms with Crippen molar-refractivity contribution in [1.82, 2.24) is 19.6 Å². The van der Waals surface area contributed by atoms with Crippen LogP contribution in [-0.4, -0.2) is 66.7 Å². The number of hydrogen-bond acceptors (Lipinski definition) is 7. The summed E-state index contributed by atoms with van der Waals surface area (Å²) in [6.07, 6.45) is 1.78. The van der Waals surface area contributed by atoms with Gasteiger partial charge in [-0.2, -0.15) is 4.37 Å². The lowest BCUT2D eigenvalue weighted by molar-refractivity contribution is 0.296. The molecule has 9 heteroatoms. The molecule has 3 heterocycles. The van der Waals surface area contributed by atoms with Crippen LogP contribution < -0.4 is 19.7 Å². The number of rotatable bonds is 4. The molecule has 1 saturated heterocycles. The van der Waals surface area contributed by atoms with E-state index < -0.39 is 0 Å². The molecule has 0 aliphatic carbocycles. The second kappa shape index (κ2) is 9.30. The van der Waals surface area contributed by atoms with Gasteiger partial charge in [-0.3, -0.25) is 4.99 Å². The van der Waals surface area contributed by atoms with Crippen LogP contribution in [0, 0.1) is 0 Å². The summed E-state index contributed by atoms with van der Waals surface area (Å²) >= 11 is 1.49. The Morgan fingerprint density at radius 1 is 1.21 bits per heavy atom. The van der Waals surface area contributed by atoms with E-state index in [1.54, 1.807) is 0 Å². The molecule has 1 fully saturated rings. The van der Waals surface area contributed by atoms with Crippen LogP contribution in [0.3, 0.4) is 0 Å². The van der Waals surface area contributed by atoms with Crippen LogP contribution in [0.15, 0.2) is 23.2 Å². The van der Waals surface area contributed by atoms with E-state index in [0.717, 1.165) is 73.0 Å². The Morgan fingerprint density at radius 3 is 2.79 bits per heavy atom. The first-order valence-corrected chi connectivity index (χ1v) is 11.0. The van der Waals surface area contributed by atoms with Gasteiger partial charge in [0.1, 0.15) is 5.82 Å². The van der Waals surface area contributed by atoms with Crippen molar-refractivity contribution in [2.24, 2.45) is 4.99 Å². The molecule has 156 valence electrons. The number of nitrogens with zero attached hydrogens (tertiary/aromatic N) is 5. The Morgan fingerprint density at radius 2 is 2.03 bits per heavy atom. The van der Waals surface area contributed by atoms with E-state index in [4.69, 9.17) is 9.47 Å². The summed E-state index contributed by atoms with van der Waals surface area (Å²) in [6.45, 7) is 7.74. The number of aromatic nitrogens is 2. The minimum Gasteiger partial charge on any atom is -0.490 e. The molecule has 29 heavy (non-hydrogen) atoms. The summed E-state index contributed by atoms with van der Waals surface area (Å²) in [4.78, 5) is 13.7. The van der Waals surface area contributed by atoms with E-state index >= 15 is 0 Å². The highest BCUT2D eigenvalue weighted by Crippen LogP contribution is 2.33. The molecule has 0 saturated carbocycles. The molecular weight excluding hydrogens is 388 g/mol. The standard InChI is InChI=1S/C20H28N6O2S/c1-3-17-23-20(29-24-17)26-10-8-25(9-11-26)19(21-2)22-14-15-6-4-7-16-18(15)28-13-5-12-27-16/h4,6-7H,3,5,8-14H2,1-2H3,(H,21,22). The molecule has 4 rings (SSSR count). The monoisotopic (exact) mass is 416 g/mol. The number of aliphatic imine (C=N–C) groups is 1. The molecule has 1 N–H and O–H groups in total. The number of ether oxygens (including phenoxy) is 2. The number of nitrogens with one attached hydrogen (secondary N) is 1. The summed E-state index contributed by atoms with van der Waals surface area (Å²) in [5.41, 5.74) is 1.09. The Labute approximate surface area is 175 Å². The summed E-state index contributed by atoms with van der Waals surface area (Å²) in [7, 11) is 1.83. The molecular formula is C20H28N6O2S. The second-order valence-corrected chi connectivity index (χ2v) is 7.75. The van der Waals surface area contributed by atoms with Crippen LogP contribution in [0.4, 0.5) is 5.13 Å². The largest absolute Gasteiger partial charge is 0.490 e. The molecule has 0 amide bonds. The number of para-hydroxylation sites is 1. The fourth-order valence-corrected chi connectivity index (χ4v) is 4.33. The molecule has 0 spiro atoms. The molecule has 1 aromatic carbocycles. The maximum absolute atomic E-state index is 5.93. The summed E-state index contributed by atoms with van der Waals surface area (Å²) < 4.78 is 16.1. The average molecular weight is 417 g/mol. The number of aryl methyl sites for hydroxylation is 1. The normalized spacial score (nSPS) is 17.2. The van der Waals surface area contributed by atoms with Crippen LogP contribution in [0.1, 0.15) is 24.7 Å². The lowest BCUT2D eigenvalue weighted by Gasteiger charge is -2.36. The lowest BCUT2D eigenvalue weighted by atomic mass is 10.2. The minimum atomic E-state index is 0.648. The minimum absolute atomic E-state index is 0.648. The van der Waals surface area contributed by atoms with Crippen molar-refractivity contribution in [3.8, 4) is 11.5 Å². The van der Waals surface area contributed by atoms with Gasteiger partial charge in [0, 0.05) is 69.7 Å². The molecule has 0 unspecified atom stereocenters. The predicted molar refractivity (Wildman–Crippen MR) is 115 cm³/mol. The van der Waals surface area contributed by atoms with Crippen molar-refractivity contribution < 1.29 is 9.47 Å². The van der Waals surface area contributed by atoms with Gasteiger partial charge in [-0.25, -0.2) is 4.98 Å². The zero-order valence-electron chi connectivity index (χ0n) is 17.1. The Bertz CT molecular complexity index is 847. The third kappa shape index (κ3) is 4.55. The zero-order valence-corrected chi connectivity index (χ0v) is 17.9. The number of benzene rings is 1. The fourth-order valence-electron chi connectivity index (χ4n) is 3.53. The molecule has 8 nitrogen and oxygen atoms in total. The van der Waals surface area contributed by atoms with Crippen molar-refractivity contribution in [3.05, 3.63) is 29.6 Å². The maximum Gasteiger partial charge on any atom is 0.205 e. The van der Waals surface area contributed by atoms with Crippen LogP contribution in [0.2, 0.25) is 0 Å². The molecule has 0 atom stereocenters. The SMILES string of the molecule is CCc1nsc(N2CCN(C(=NC)NCc3cccc4c3OCCCO4)CC2)n1. The van der Waals surface area contributed by atoms with E-state index in [0.29, 0.717) is 19.8 Å².